The van der Waals surface area contributed by atoms with E-state index in [1.165, 1.54) is 18.4 Å². The molecule has 7 nitrogen and oxygen atoms in total. The maximum Gasteiger partial charge on any atom is 0.289 e. The third-order valence-corrected chi connectivity index (χ3v) is 5.30. The Kier molecular flexibility index (Phi) is 5.74. The molecule has 0 aliphatic carbocycles. The van der Waals surface area contributed by atoms with Crippen LogP contribution in [0.15, 0.2) is 50.4 Å². The smallest absolute Gasteiger partial charge is 0.289 e. The van der Waals surface area contributed by atoms with Crippen LogP contribution in [0.5, 0.6) is 0 Å². The minimum atomic E-state index is -0.281. The van der Waals surface area contributed by atoms with Crippen molar-refractivity contribution in [3.63, 3.8) is 0 Å². The number of aryl methyl sites for hydroxylation is 1. The van der Waals surface area contributed by atoms with E-state index in [0.717, 1.165) is 29.2 Å². The van der Waals surface area contributed by atoms with Gasteiger partial charge in [-0.25, -0.2) is 9.38 Å². The number of piperazine rings is 1. The van der Waals surface area contributed by atoms with E-state index in [1.807, 2.05) is 13.8 Å². The van der Waals surface area contributed by atoms with Crippen molar-refractivity contribution in [1.82, 2.24) is 15.1 Å². The van der Waals surface area contributed by atoms with Crippen molar-refractivity contribution in [2.24, 2.45) is 4.99 Å². The second-order valence-corrected chi connectivity index (χ2v) is 7.22. The van der Waals surface area contributed by atoms with Gasteiger partial charge in [0.05, 0.1) is 6.26 Å². The zero-order chi connectivity index (χ0) is 21.1. The van der Waals surface area contributed by atoms with Gasteiger partial charge in [-0.3, -0.25) is 4.79 Å². The number of rotatable bonds is 4. The highest BCUT2D eigenvalue weighted by molar-refractivity contribution is 5.91. The molecule has 8 heteroatoms. The average molecular weight is 412 g/mol. The van der Waals surface area contributed by atoms with Crippen LogP contribution in [0.25, 0.3) is 11.0 Å². The number of benzene rings is 1. The number of amides is 1. The molecule has 2 aromatic heterocycles. The number of carbonyl (C=O) groups is 1. The van der Waals surface area contributed by atoms with Gasteiger partial charge < -0.3 is 24.0 Å². The fourth-order valence-corrected chi connectivity index (χ4v) is 3.64. The molecule has 1 amide bonds. The Hall–Kier alpha value is -3.29. The summed E-state index contributed by atoms with van der Waals surface area (Å²) in [5.41, 5.74) is 1.56. The van der Waals surface area contributed by atoms with Crippen molar-refractivity contribution in [2.75, 3.05) is 32.7 Å². The lowest BCUT2D eigenvalue weighted by Gasteiger charge is -2.36. The molecule has 3 aromatic rings. The van der Waals surface area contributed by atoms with Crippen LogP contribution in [0.3, 0.4) is 0 Å². The van der Waals surface area contributed by atoms with Crippen molar-refractivity contribution in [3.8, 4) is 0 Å². The molecule has 0 saturated carbocycles. The van der Waals surface area contributed by atoms with Crippen molar-refractivity contribution in [1.29, 1.82) is 0 Å². The summed E-state index contributed by atoms with van der Waals surface area (Å²) in [6.07, 6.45) is 1.51. The molecule has 0 radical (unpaired) electrons. The van der Waals surface area contributed by atoms with E-state index in [1.54, 1.807) is 23.1 Å². The van der Waals surface area contributed by atoms with Crippen LogP contribution in [0.2, 0.25) is 0 Å². The highest BCUT2D eigenvalue weighted by Gasteiger charge is 2.25. The molecule has 3 heterocycles. The van der Waals surface area contributed by atoms with Gasteiger partial charge in [0.1, 0.15) is 23.7 Å². The number of hydrogen-bond donors (Lipinski definition) is 1. The molecule has 0 spiro atoms. The monoisotopic (exact) mass is 412 g/mol. The number of furan rings is 2. The van der Waals surface area contributed by atoms with Gasteiger partial charge in [-0.05, 0) is 44.2 Å². The van der Waals surface area contributed by atoms with Crippen molar-refractivity contribution >= 4 is 22.8 Å². The molecular formula is C22H25FN4O3. The predicted octanol–water partition coefficient (Wildman–Crippen LogP) is 3.40. The number of aliphatic imine (C=N–C) groups is 1. The largest absolute Gasteiger partial charge is 0.459 e. The van der Waals surface area contributed by atoms with Gasteiger partial charge in [0, 0.05) is 43.7 Å². The fraction of sp³-hybridized carbons (Fsp3) is 0.364. The molecule has 1 aliphatic rings. The van der Waals surface area contributed by atoms with E-state index in [4.69, 9.17) is 13.8 Å². The van der Waals surface area contributed by atoms with E-state index < -0.39 is 0 Å². The van der Waals surface area contributed by atoms with Gasteiger partial charge in [-0.2, -0.15) is 0 Å². The Bertz CT molecular complexity index is 1050. The van der Waals surface area contributed by atoms with E-state index >= 15 is 0 Å². The van der Waals surface area contributed by atoms with Gasteiger partial charge >= 0.3 is 0 Å². The molecule has 4 rings (SSSR count). The summed E-state index contributed by atoms with van der Waals surface area (Å²) in [7, 11) is 0. The Morgan fingerprint density at radius 3 is 2.67 bits per heavy atom. The molecule has 1 aromatic carbocycles. The molecule has 158 valence electrons. The normalized spacial score (nSPS) is 15.1. The van der Waals surface area contributed by atoms with E-state index in [9.17, 15) is 9.18 Å². The van der Waals surface area contributed by atoms with E-state index in [-0.39, 0.29) is 11.7 Å². The first-order valence-corrected chi connectivity index (χ1v) is 10.1. The maximum atomic E-state index is 13.5. The first-order chi connectivity index (χ1) is 14.6. The number of halogens is 1. The third kappa shape index (κ3) is 4.03. The van der Waals surface area contributed by atoms with E-state index in [0.29, 0.717) is 44.1 Å². The van der Waals surface area contributed by atoms with Gasteiger partial charge in [0.25, 0.3) is 5.91 Å². The topological polar surface area (TPSA) is 74.2 Å². The standard InChI is InChI=1S/C22H25FN4O3/c1-3-24-22(25-14-20-15(2)17-13-16(23)6-7-18(17)30-20)27-10-8-26(9-11-27)21(28)19-5-4-12-29-19/h4-7,12-13H,3,8-11,14H2,1-2H3,(H,24,25). The summed E-state index contributed by atoms with van der Waals surface area (Å²) in [6, 6.07) is 7.93. The highest BCUT2D eigenvalue weighted by Crippen LogP contribution is 2.26. The van der Waals surface area contributed by atoms with Gasteiger partial charge in [-0.15, -0.1) is 0 Å². The molecular weight excluding hydrogens is 387 g/mol. The molecule has 1 aliphatic heterocycles. The van der Waals surface area contributed by atoms with Crippen LogP contribution < -0.4 is 5.32 Å². The summed E-state index contributed by atoms with van der Waals surface area (Å²) in [5, 5.41) is 4.08. The van der Waals surface area contributed by atoms with Crippen molar-refractivity contribution in [3.05, 3.63) is 59.5 Å². The van der Waals surface area contributed by atoms with Crippen LogP contribution in [-0.2, 0) is 6.54 Å². The summed E-state index contributed by atoms with van der Waals surface area (Å²) < 4.78 is 24.6. The summed E-state index contributed by atoms with van der Waals surface area (Å²) >= 11 is 0. The Morgan fingerprint density at radius 2 is 1.97 bits per heavy atom. The number of guanidine groups is 1. The molecule has 1 saturated heterocycles. The van der Waals surface area contributed by atoms with Crippen LogP contribution in [0, 0.1) is 12.7 Å². The van der Waals surface area contributed by atoms with Crippen molar-refractivity contribution < 1.29 is 18.0 Å². The third-order valence-electron chi connectivity index (χ3n) is 5.30. The predicted molar refractivity (Wildman–Crippen MR) is 112 cm³/mol. The molecule has 1 fully saturated rings. The lowest BCUT2D eigenvalue weighted by Crippen LogP contribution is -2.53. The van der Waals surface area contributed by atoms with Gasteiger partial charge in [0.15, 0.2) is 11.7 Å². The summed E-state index contributed by atoms with van der Waals surface area (Å²) in [6.45, 7) is 7.54. The van der Waals surface area contributed by atoms with Crippen molar-refractivity contribution in [2.45, 2.75) is 20.4 Å². The van der Waals surface area contributed by atoms with Gasteiger partial charge in [0.2, 0.25) is 0 Å². The quantitative estimate of drug-likeness (QED) is 0.525. The first-order valence-electron chi connectivity index (χ1n) is 10.1. The number of nitrogens with zero attached hydrogens (tertiary/aromatic N) is 3. The van der Waals surface area contributed by atoms with Crippen LogP contribution in [-0.4, -0.2) is 54.4 Å². The summed E-state index contributed by atoms with van der Waals surface area (Å²) in [5.74, 6) is 1.48. The fourth-order valence-electron chi connectivity index (χ4n) is 3.64. The molecule has 0 unspecified atom stereocenters. The SMILES string of the molecule is CCNC(=NCc1oc2ccc(F)cc2c1C)N1CCN(C(=O)c2ccco2)CC1. The first kappa shape index (κ1) is 20.0. The second kappa shape index (κ2) is 8.61. The van der Waals surface area contributed by atoms with Crippen LogP contribution in [0.1, 0.15) is 28.8 Å². The highest BCUT2D eigenvalue weighted by atomic mass is 19.1. The minimum Gasteiger partial charge on any atom is -0.459 e. The zero-order valence-electron chi connectivity index (χ0n) is 17.2. The lowest BCUT2D eigenvalue weighted by molar-refractivity contribution is 0.0657. The zero-order valence-corrected chi connectivity index (χ0v) is 17.2. The Labute approximate surface area is 174 Å². The van der Waals surface area contributed by atoms with E-state index in [2.05, 4.69) is 10.2 Å². The molecule has 0 atom stereocenters. The number of carbonyl (C=O) groups excluding carboxylic acids is 1. The Morgan fingerprint density at radius 1 is 1.20 bits per heavy atom. The molecule has 1 N–H and O–H groups in total. The average Bonchev–Trinajstić information content (AvgIpc) is 3.40. The van der Waals surface area contributed by atoms with Crippen LogP contribution in [0.4, 0.5) is 4.39 Å². The lowest BCUT2D eigenvalue weighted by atomic mass is 10.1. The second-order valence-electron chi connectivity index (χ2n) is 7.22. The number of fused-ring (bicyclic) bond motifs is 1. The number of hydrogen-bond acceptors (Lipinski definition) is 4. The summed E-state index contributed by atoms with van der Waals surface area (Å²) in [4.78, 5) is 21.1. The Balaban J connectivity index is 1.45. The molecule has 0 bridgehead atoms. The number of nitrogens with one attached hydrogen (secondary N) is 1. The maximum absolute atomic E-state index is 13.5. The van der Waals surface area contributed by atoms with Crippen LogP contribution >= 0.6 is 0 Å². The van der Waals surface area contributed by atoms with Gasteiger partial charge in [-0.1, -0.05) is 0 Å². The minimum absolute atomic E-state index is 0.0910. The molecule has 30 heavy (non-hydrogen) atoms.